The summed E-state index contributed by atoms with van der Waals surface area (Å²) in [5, 5.41) is 17.4. The van der Waals surface area contributed by atoms with Crippen LogP contribution in [0.2, 0.25) is 0 Å². The molecule has 2 aliphatic rings. The number of hydrogen-bond acceptors (Lipinski definition) is 8. The van der Waals surface area contributed by atoms with Crippen molar-refractivity contribution in [3.63, 3.8) is 0 Å². The lowest BCUT2D eigenvalue weighted by atomic mass is 10.2. The number of hydrogen-bond donors (Lipinski definition) is 3. The molecule has 4 rings (SSSR count). The van der Waals surface area contributed by atoms with Crippen molar-refractivity contribution in [2.75, 3.05) is 15.6 Å². The predicted molar refractivity (Wildman–Crippen MR) is 106 cm³/mol. The van der Waals surface area contributed by atoms with Gasteiger partial charge in [-0.2, -0.15) is 5.10 Å². The molecular weight excluding hydrogens is 364 g/mol. The number of pyridine rings is 1. The Balaban J connectivity index is 1.30. The highest BCUT2D eigenvalue weighted by Crippen LogP contribution is 2.25. The lowest BCUT2D eigenvalue weighted by Gasteiger charge is -2.24. The summed E-state index contributed by atoms with van der Waals surface area (Å²) in [6.45, 7) is 1.88. The molecule has 0 amide bonds. The highest BCUT2D eigenvalue weighted by atomic mass is 35.5. The van der Waals surface area contributed by atoms with Gasteiger partial charge in [-0.15, -0.1) is 5.10 Å². The molecule has 1 aliphatic carbocycles. The maximum absolute atomic E-state index is 5.99. The molecule has 2 aromatic rings. The molecule has 2 atom stereocenters. The van der Waals surface area contributed by atoms with Gasteiger partial charge in [0.25, 0.3) is 0 Å². The number of anilines is 3. The molecule has 27 heavy (non-hydrogen) atoms. The van der Waals surface area contributed by atoms with E-state index in [0.29, 0.717) is 23.2 Å². The maximum Gasteiger partial charge on any atom is 0.242 e. The SMILES string of the molecule is Cc1cnc(N[C@H]2CC[C@H](Nc3ccc(N4C=CC=C(Cl)N4)cn3)C2)nn1. The summed E-state index contributed by atoms with van der Waals surface area (Å²) < 4.78 is 0. The van der Waals surface area contributed by atoms with Crippen LogP contribution in [0, 0.1) is 6.92 Å². The third kappa shape index (κ3) is 4.46. The lowest BCUT2D eigenvalue weighted by molar-refractivity contribution is 0.712. The van der Waals surface area contributed by atoms with Crippen molar-refractivity contribution in [3.05, 3.63) is 53.7 Å². The first-order valence-corrected chi connectivity index (χ1v) is 9.29. The molecule has 0 aromatic carbocycles. The number of nitrogens with one attached hydrogen (secondary N) is 3. The molecule has 0 bridgehead atoms. The number of allylic oxidation sites excluding steroid dienone is 2. The quantitative estimate of drug-likeness (QED) is 0.678. The molecule has 0 unspecified atom stereocenters. The number of hydrazine groups is 1. The van der Waals surface area contributed by atoms with Crippen LogP contribution in [-0.4, -0.2) is 32.2 Å². The number of nitrogens with zero attached hydrogens (tertiary/aromatic N) is 5. The fourth-order valence-electron chi connectivity index (χ4n) is 3.20. The van der Waals surface area contributed by atoms with Crippen molar-refractivity contribution in [3.8, 4) is 0 Å². The predicted octanol–water partition coefficient (Wildman–Crippen LogP) is 2.94. The number of aryl methyl sites for hydroxylation is 1. The van der Waals surface area contributed by atoms with E-state index in [-0.39, 0.29) is 0 Å². The van der Waals surface area contributed by atoms with Gasteiger partial charge in [0.15, 0.2) is 0 Å². The van der Waals surface area contributed by atoms with Gasteiger partial charge in [-0.3, -0.25) is 10.4 Å². The van der Waals surface area contributed by atoms with Crippen molar-refractivity contribution in [2.45, 2.75) is 38.3 Å². The molecule has 2 aromatic heterocycles. The third-order valence-corrected chi connectivity index (χ3v) is 4.74. The van der Waals surface area contributed by atoms with Gasteiger partial charge in [0.2, 0.25) is 5.95 Å². The minimum Gasteiger partial charge on any atom is -0.367 e. The van der Waals surface area contributed by atoms with Crippen molar-refractivity contribution in [2.24, 2.45) is 0 Å². The van der Waals surface area contributed by atoms with E-state index in [1.807, 2.05) is 42.5 Å². The van der Waals surface area contributed by atoms with Crippen LogP contribution in [0.1, 0.15) is 25.0 Å². The van der Waals surface area contributed by atoms with Crippen LogP contribution in [0.25, 0.3) is 0 Å². The Hall–Kier alpha value is -2.87. The van der Waals surface area contributed by atoms with E-state index in [4.69, 9.17) is 11.6 Å². The summed E-state index contributed by atoms with van der Waals surface area (Å²) >= 11 is 5.99. The first-order valence-electron chi connectivity index (χ1n) is 8.91. The molecule has 0 radical (unpaired) electrons. The topological polar surface area (TPSA) is 90.9 Å². The van der Waals surface area contributed by atoms with Crippen LogP contribution in [0.4, 0.5) is 17.5 Å². The zero-order chi connectivity index (χ0) is 18.6. The van der Waals surface area contributed by atoms with E-state index >= 15 is 0 Å². The van der Waals surface area contributed by atoms with E-state index < -0.39 is 0 Å². The Labute approximate surface area is 162 Å². The molecule has 140 valence electrons. The Morgan fingerprint density at radius 1 is 1.11 bits per heavy atom. The second-order valence-corrected chi connectivity index (χ2v) is 7.07. The molecule has 0 saturated heterocycles. The Morgan fingerprint density at radius 2 is 1.96 bits per heavy atom. The van der Waals surface area contributed by atoms with Crippen molar-refractivity contribution < 1.29 is 0 Å². The highest BCUT2D eigenvalue weighted by Gasteiger charge is 2.25. The van der Waals surface area contributed by atoms with Gasteiger partial charge in [-0.05, 0) is 50.5 Å². The van der Waals surface area contributed by atoms with E-state index in [1.54, 1.807) is 12.3 Å². The zero-order valence-corrected chi connectivity index (χ0v) is 15.7. The van der Waals surface area contributed by atoms with Crippen LogP contribution in [-0.2, 0) is 0 Å². The summed E-state index contributed by atoms with van der Waals surface area (Å²) in [5.41, 5.74) is 4.77. The number of aromatic nitrogens is 4. The summed E-state index contributed by atoms with van der Waals surface area (Å²) in [5.74, 6) is 1.45. The second-order valence-electron chi connectivity index (χ2n) is 6.66. The second kappa shape index (κ2) is 7.79. The first kappa shape index (κ1) is 17.5. The number of rotatable bonds is 5. The molecule has 3 N–H and O–H groups in total. The average molecular weight is 385 g/mol. The maximum atomic E-state index is 5.99. The fraction of sp³-hybridized carbons (Fsp3) is 0.333. The minimum absolute atomic E-state index is 0.336. The molecule has 1 saturated carbocycles. The van der Waals surface area contributed by atoms with Gasteiger partial charge in [0.05, 0.1) is 23.8 Å². The van der Waals surface area contributed by atoms with E-state index in [9.17, 15) is 0 Å². The third-order valence-electron chi connectivity index (χ3n) is 4.52. The van der Waals surface area contributed by atoms with Crippen molar-refractivity contribution >= 4 is 29.1 Å². The van der Waals surface area contributed by atoms with Crippen LogP contribution in [0.5, 0.6) is 0 Å². The molecule has 1 aliphatic heterocycles. The largest absolute Gasteiger partial charge is 0.367 e. The van der Waals surface area contributed by atoms with Gasteiger partial charge in [0.1, 0.15) is 11.0 Å². The first-order chi connectivity index (χ1) is 13.2. The molecule has 0 spiro atoms. The highest BCUT2D eigenvalue weighted by molar-refractivity contribution is 6.29. The minimum atomic E-state index is 0.336. The van der Waals surface area contributed by atoms with Crippen LogP contribution >= 0.6 is 11.6 Å². The monoisotopic (exact) mass is 384 g/mol. The summed E-state index contributed by atoms with van der Waals surface area (Å²) in [6.07, 6.45) is 12.2. The van der Waals surface area contributed by atoms with E-state index in [0.717, 1.165) is 36.5 Å². The molecule has 3 heterocycles. The Kier molecular flexibility index (Phi) is 5.06. The summed E-state index contributed by atoms with van der Waals surface area (Å²) in [4.78, 5) is 8.78. The van der Waals surface area contributed by atoms with Crippen molar-refractivity contribution in [1.82, 2.24) is 25.6 Å². The van der Waals surface area contributed by atoms with Crippen molar-refractivity contribution in [1.29, 1.82) is 0 Å². The normalized spacial score (nSPS) is 21.6. The smallest absolute Gasteiger partial charge is 0.242 e. The summed E-state index contributed by atoms with van der Waals surface area (Å²) in [6, 6.07) is 4.68. The molecule has 8 nitrogen and oxygen atoms in total. The fourth-order valence-corrected chi connectivity index (χ4v) is 3.37. The van der Waals surface area contributed by atoms with Crippen LogP contribution in [0.3, 0.4) is 0 Å². The lowest BCUT2D eigenvalue weighted by Crippen LogP contribution is -2.32. The van der Waals surface area contributed by atoms with Gasteiger partial charge in [-0.25, -0.2) is 9.97 Å². The standard InChI is InChI=1S/C18H21ClN8/c1-12-10-21-18(25-24-12)23-14-5-4-13(9-14)22-17-7-6-15(11-20-17)27-8-2-3-16(19)26-27/h2-3,6-8,10-11,13-14,26H,4-5,9H2,1H3,(H,20,22)(H,21,23,25)/t13-,14-/m0/s1. The van der Waals surface area contributed by atoms with Crippen LogP contribution in [0.15, 0.2) is 48.0 Å². The Bertz CT molecular complexity index is 833. The summed E-state index contributed by atoms with van der Waals surface area (Å²) in [7, 11) is 0. The van der Waals surface area contributed by atoms with E-state index in [1.165, 1.54) is 0 Å². The van der Waals surface area contributed by atoms with E-state index in [2.05, 4.69) is 36.2 Å². The van der Waals surface area contributed by atoms with Gasteiger partial charge < -0.3 is 10.6 Å². The van der Waals surface area contributed by atoms with Gasteiger partial charge >= 0.3 is 0 Å². The van der Waals surface area contributed by atoms with Gasteiger partial charge in [0, 0.05) is 18.3 Å². The Morgan fingerprint density at radius 3 is 2.67 bits per heavy atom. The van der Waals surface area contributed by atoms with Crippen LogP contribution < -0.4 is 21.1 Å². The number of halogens is 1. The molecular formula is C18H21ClN8. The zero-order valence-electron chi connectivity index (χ0n) is 14.9. The van der Waals surface area contributed by atoms with Gasteiger partial charge in [-0.1, -0.05) is 11.6 Å². The molecule has 9 heteroatoms. The molecule has 1 fully saturated rings. The average Bonchev–Trinajstić information content (AvgIpc) is 3.11.